The van der Waals surface area contributed by atoms with E-state index in [1.165, 1.54) is 29.2 Å². The highest BCUT2D eigenvalue weighted by Crippen LogP contribution is 2.22. The molecule has 0 aromatic heterocycles. The summed E-state index contributed by atoms with van der Waals surface area (Å²) in [7, 11) is 2.39. The summed E-state index contributed by atoms with van der Waals surface area (Å²) in [6.07, 6.45) is 4.54. The molecule has 0 saturated carbocycles. The van der Waals surface area contributed by atoms with Gasteiger partial charge in [-0.25, -0.2) is 5.84 Å². The number of nitrogens with zero attached hydrogens (tertiary/aromatic N) is 1. The van der Waals surface area contributed by atoms with Crippen molar-refractivity contribution >= 4 is 36.6 Å². The van der Waals surface area contributed by atoms with Crippen LogP contribution < -0.4 is 20.9 Å². The molecule has 0 spiro atoms. The summed E-state index contributed by atoms with van der Waals surface area (Å²) in [5, 5.41) is 12.0. The molecule has 1 amide bonds. The van der Waals surface area contributed by atoms with Crippen molar-refractivity contribution in [2.24, 2.45) is 5.84 Å². The van der Waals surface area contributed by atoms with Crippen LogP contribution in [0.2, 0.25) is 0 Å². The molecule has 0 radical (unpaired) electrons. The van der Waals surface area contributed by atoms with Crippen LogP contribution in [0.5, 0.6) is 5.75 Å². The number of benzene rings is 1. The van der Waals surface area contributed by atoms with Gasteiger partial charge in [0.15, 0.2) is 5.17 Å². The number of carbonyl (C=O) groups is 1. The van der Waals surface area contributed by atoms with Gasteiger partial charge in [-0.1, -0.05) is 46.0 Å². The van der Waals surface area contributed by atoms with Gasteiger partial charge in [-0.15, -0.1) is 0 Å². The zero-order chi connectivity index (χ0) is 21.3. The molecule has 10 heteroatoms. The number of nitrogens with one attached hydrogen (secondary N) is 2. The average Bonchev–Trinajstić information content (AvgIpc) is 2.74. The second-order valence-corrected chi connectivity index (χ2v) is 7.54. The van der Waals surface area contributed by atoms with Crippen molar-refractivity contribution in [2.45, 2.75) is 32.6 Å². The van der Waals surface area contributed by atoms with E-state index in [0.29, 0.717) is 44.4 Å². The lowest BCUT2D eigenvalue weighted by molar-refractivity contribution is -0.126. The Bertz CT molecular complexity index is 592. The number of carbonyl (C=O) groups excluding carboxylic acids is 1. The number of anilines is 1. The van der Waals surface area contributed by atoms with E-state index >= 15 is 0 Å². The fourth-order valence-electron chi connectivity index (χ4n) is 2.31. The first-order valence-electron chi connectivity index (χ1n) is 9.73. The van der Waals surface area contributed by atoms with E-state index in [9.17, 15) is 4.79 Å². The molecule has 0 fully saturated rings. The van der Waals surface area contributed by atoms with E-state index in [-0.39, 0.29) is 17.7 Å². The van der Waals surface area contributed by atoms with E-state index in [0.717, 1.165) is 12.8 Å². The van der Waals surface area contributed by atoms with Crippen molar-refractivity contribution < 1.29 is 19.0 Å². The molecule has 8 nitrogen and oxygen atoms in total. The molecule has 0 saturated heterocycles. The second-order valence-electron chi connectivity index (χ2n) is 6.21. The summed E-state index contributed by atoms with van der Waals surface area (Å²) in [6, 6.07) is 7.16. The van der Waals surface area contributed by atoms with Gasteiger partial charge in [-0.2, -0.15) is 0 Å². The molecule has 1 unspecified atom stereocenters. The molecule has 0 aliphatic carbocycles. The fraction of sp³-hybridized carbons (Fsp3) is 0.579. The molecule has 0 aliphatic heterocycles. The van der Waals surface area contributed by atoms with Crippen LogP contribution in [0.25, 0.3) is 0 Å². The Morgan fingerprint density at radius 2 is 1.83 bits per heavy atom. The van der Waals surface area contributed by atoms with Crippen molar-refractivity contribution in [3.8, 4) is 5.75 Å². The quantitative estimate of drug-likeness (QED) is 0.0953. The van der Waals surface area contributed by atoms with E-state index in [1.807, 2.05) is 0 Å². The first-order chi connectivity index (χ1) is 14.1. The van der Waals surface area contributed by atoms with E-state index in [4.69, 9.17) is 25.5 Å². The van der Waals surface area contributed by atoms with Crippen molar-refractivity contribution in [1.29, 1.82) is 5.41 Å². The zero-order valence-electron chi connectivity index (χ0n) is 17.0. The Morgan fingerprint density at radius 1 is 1.14 bits per heavy atom. The van der Waals surface area contributed by atoms with Gasteiger partial charge in [-0.05, 0) is 30.7 Å². The van der Waals surface area contributed by atoms with Gasteiger partial charge in [0.25, 0.3) is 0 Å². The second kappa shape index (κ2) is 16.4. The van der Waals surface area contributed by atoms with Gasteiger partial charge in [0.05, 0.1) is 25.5 Å². The van der Waals surface area contributed by atoms with Crippen molar-refractivity contribution in [3.05, 3.63) is 24.3 Å². The maximum Gasteiger partial charge on any atom is 0.245 e. The van der Waals surface area contributed by atoms with Crippen molar-refractivity contribution in [3.63, 3.8) is 0 Å². The predicted octanol–water partition coefficient (Wildman–Crippen LogP) is 2.93. The van der Waals surface area contributed by atoms with Crippen molar-refractivity contribution in [1.82, 2.24) is 5.32 Å². The average molecular weight is 445 g/mol. The largest absolute Gasteiger partial charge is 0.491 e. The minimum Gasteiger partial charge on any atom is -0.491 e. The normalized spacial score (nSPS) is 10.6. The number of ether oxygens (including phenoxy) is 3. The number of hydrogen-bond acceptors (Lipinski definition) is 7. The highest BCUT2D eigenvalue weighted by atomic mass is 32.7. The Labute approximate surface area is 179 Å². The fourth-order valence-corrected chi connectivity index (χ4v) is 2.87. The highest BCUT2D eigenvalue weighted by Gasteiger charge is 2.06. The summed E-state index contributed by atoms with van der Waals surface area (Å²) in [4.78, 5) is 11.6. The van der Waals surface area contributed by atoms with Gasteiger partial charge in [0.1, 0.15) is 19.0 Å². The summed E-state index contributed by atoms with van der Waals surface area (Å²) in [5.74, 6) is 6.43. The molecule has 1 aromatic rings. The predicted molar refractivity (Wildman–Crippen MR) is 122 cm³/mol. The first-order valence-corrected chi connectivity index (χ1v) is 12.0. The Balaban J connectivity index is 2.01. The zero-order valence-corrected chi connectivity index (χ0v) is 19.0. The van der Waals surface area contributed by atoms with Crippen LogP contribution in [0.3, 0.4) is 0 Å². The summed E-state index contributed by atoms with van der Waals surface area (Å²) >= 11 is 1.18. The third kappa shape index (κ3) is 12.0. The minimum absolute atomic E-state index is 0.0604. The highest BCUT2D eigenvalue weighted by molar-refractivity contribution is 8.52. The molecule has 1 rings (SSSR count). The summed E-state index contributed by atoms with van der Waals surface area (Å²) < 4.78 is 16.3. The lowest BCUT2D eigenvalue weighted by Crippen LogP contribution is -2.34. The van der Waals surface area contributed by atoms with Gasteiger partial charge in [0.2, 0.25) is 5.91 Å². The molecule has 29 heavy (non-hydrogen) atoms. The number of amides is 1. The molecule has 4 N–H and O–H groups in total. The number of rotatable bonds is 15. The third-order valence-electron chi connectivity index (χ3n) is 3.90. The van der Waals surface area contributed by atoms with Crippen LogP contribution in [0.1, 0.15) is 32.6 Å². The number of hydrogen-bond donors (Lipinski definition) is 3. The number of unbranched alkanes of at least 4 members (excludes halogenated alkanes) is 3. The molecular weight excluding hydrogens is 411 g/mol. The maximum atomic E-state index is 11.6. The smallest absolute Gasteiger partial charge is 0.245 e. The third-order valence-corrected chi connectivity index (χ3v) is 4.99. The van der Waals surface area contributed by atoms with Gasteiger partial charge in [-0.3, -0.25) is 15.2 Å². The molecule has 0 bridgehead atoms. The lowest BCUT2D eigenvalue weighted by atomic mass is 10.2. The van der Waals surface area contributed by atoms with Crippen LogP contribution in [0.4, 0.5) is 5.69 Å². The molecule has 1 atom stereocenters. The standard InChI is InChI=1S/C19H33N4O4PS/c1-2-3-4-5-10-22-18(24)15-26-12-11-25-13-14-27-17-8-6-16(7-9-17)23(21)19(20)29-28/h6-9,20H,2-5,10-15,21,28H2,1H3,(H,22,24). The van der Waals surface area contributed by atoms with E-state index in [1.54, 1.807) is 24.3 Å². The molecule has 164 valence electrons. The number of hydrazine groups is 1. The van der Waals surface area contributed by atoms with E-state index in [2.05, 4.69) is 20.7 Å². The summed E-state index contributed by atoms with van der Waals surface area (Å²) in [5.41, 5.74) is 0.704. The lowest BCUT2D eigenvalue weighted by Gasteiger charge is -2.17. The molecular formula is C19H33N4O4PS. The monoisotopic (exact) mass is 444 g/mol. The van der Waals surface area contributed by atoms with Crippen LogP contribution >= 0.6 is 19.8 Å². The van der Waals surface area contributed by atoms with E-state index < -0.39 is 0 Å². The van der Waals surface area contributed by atoms with Crippen LogP contribution in [-0.2, 0) is 14.3 Å². The molecule has 1 aromatic carbocycles. The van der Waals surface area contributed by atoms with Gasteiger partial charge >= 0.3 is 0 Å². The van der Waals surface area contributed by atoms with Crippen LogP contribution in [0, 0.1) is 5.41 Å². The summed E-state index contributed by atoms with van der Waals surface area (Å²) in [6.45, 7) is 4.53. The van der Waals surface area contributed by atoms with Crippen LogP contribution in [-0.4, -0.2) is 50.7 Å². The SMILES string of the molecule is CCCCCCNC(=O)COCCOCCOc1ccc(N(N)C(=N)SP)cc1. The molecule has 0 aliphatic rings. The van der Waals surface area contributed by atoms with Gasteiger partial charge in [0, 0.05) is 6.54 Å². The van der Waals surface area contributed by atoms with Crippen molar-refractivity contribution in [2.75, 3.05) is 44.6 Å². The first kappa shape index (κ1) is 25.7. The Kier molecular flexibility index (Phi) is 14.5. The maximum absolute atomic E-state index is 11.6. The van der Waals surface area contributed by atoms with Crippen LogP contribution in [0.15, 0.2) is 24.3 Å². The number of amidine groups is 1. The van der Waals surface area contributed by atoms with Gasteiger partial charge < -0.3 is 19.5 Å². The number of nitrogens with two attached hydrogens (primary N) is 1. The molecule has 0 heterocycles. The topological polar surface area (TPSA) is 110 Å². The minimum atomic E-state index is -0.0873. The Hall–Kier alpha value is -1.38. The Morgan fingerprint density at radius 3 is 2.52 bits per heavy atom.